The summed E-state index contributed by atoms with van der Waals surface area (Å²) >= 11 is 6.11. The van der Waals surface area contributed by atoms with E-state index in [2.05, 4.69) is 5.32 Å². The van der Waals surface area contributed by atoms with Crippen LogP contribution >= 0.6 is 11.6 Å². The lowest BCUT2D eigenvalue weighted by Crippen LogP contribution is -2.50. The fourth-order valence-corrected chi connectivity index (χ4v) is 6.38. The first-order chi connectivity index (χ1) is 16.7. The smallest absolute Gasteiger partial charge is 0.269 e. The van der Waals surface area contributed by atoms with E-state index < -0.39 is 27.9 Å². The van der Waals surface area contributed by atoms with Gasteiger partial charge in [-0.2, -0.15) is 0 Å². The molecular formula is C25H28ClN3O5S. The maximum absolute atomic E-state index is 13.3. The second-order valence-corrected chi connectivity index (χ2v) is 11.2. The number of nitrogens with one attached hydrogen (secondary N) is 1. The molecule has 0 radical (unpaired) electrons. The molecule has 10 heteroatoms. The molecule has 2 aromatic rings. The van der Waals surface area contributed by atoms with Crippen LogP contribution in [0, 0.1) is 0 Å². The largest absolute Gasteiger partial charge is 0.352 e. The minimum Gasteiger partial charge on any atom is -0.352 e. The van der Waals surface area contributed by atoms with E-state index in [9.17, 15) is 22.8 Å². The van der Waals surface area contributed by atoms with E-state index in [1.54, 1.807) is 43.3 Å². The highest BCUT2D eigenvalue weighted by Gasteiger charge is 2.41. The first kappa shape index (κ1) is 25.2. The van der Waals surface area contributed by atoms with Gasteiger partial charge in [0.05, 0.1) is 5.56 Å². The fourth-order valence-electron chi connectivity index (χ4n) is 4.60. The molecule has 35 heavy (non-hydrogen) atoms. The van der Waals surface area contributed by atoms with Crippen molar-refractivity contribution < 1.29 is 22.8 Å². The summed E-state index contributed by atoms with van der Waals surface area (Å²) in [5, 5.41) is 3.53. The third-order valence-electron chi connectivity index (χ3n) is 6.55. The zero-order chi connectivity index (χ0) is 25.2. The molecule has 0 spiro atoms. The van der Waals surface area contributed by atoms with Crippen LogP contribution in [0.2, 0.25) is 5.02 Å². The fraction of sp³-hybridized carbons (Fsp3) is 0.400. The molecule has 1 aliphatic heterocycles. The normalized spacial score (nSPS) is 17.8. The van der Waals surface area contributed by atoms with Crippen molar-refractivity contribution in [2.24, 2.45) is 0 Å². The number of rotatable bonds is 8. The quantitative estimate of drug-likeness (QED) is 0.578. The Morgan fingerprint density at radius 3 is 2.54 bits per heavy atom. The number of hydrogen-bond acceptors (Lipinski definition) is 5. The number of amides is 3. The molecule has 2 aromatic carbocycles. The first-order valence-corrected chi connectivity index (χ1v) is 13.5. The van der Waals surface area contributed by atoms with E-state index in [-0.39, 0.29) is 41.9 Å². The minimum atomic E-state index is -4.02. The highest BCUT2D eigenvalue weighted by molar-refractivity contribution is 7.90. The van der Waals surface area contributed by atoms with Crippen LogP contribution in [0.1, 0.15) is 54.9 Å². The second kappa shape index (κ2) is 10.4. The van der Waals surface area contributed by atoms with Gasteiger partial charge in [0, 0.05) is 30.6 Å². The van der Waals surface area contributed by atoms with Gasteiger partial charge in [0.1, 0.15) is 10.9 Å². The van der Waals surface area contributed by atoms with Gasteiger partial charge >= 0.3 is 0 Å². The van der Waals surface area contributed by atoms with E-state index >= 15 is 0 Å². The van der Waals surface area contributed by atoms with Gasteiger partial charge in [0.15, 0.2) is 0 Å². The van der Waals surface area contributed by atoms with Crippen molar-refractivity contribution in [2.75, 3.05) is 6.54 Å². The Bertz CT molecular complexity index is 1240. The van der Waals surface area contributed by atoms with Crippen molar-refractivity contribution in [1.29, 1.82) is 0 Å². The molecule has 1 saturated carbocycles. The van der Waals surface area contributed by atoms with Gasteiger partial charge in [-0.1, -0.05) is 48.7 Å². The highest BCUT2D eigenvalue weighted by Crippen LogP contribution is 2.30. The minimum absolute atomic E-state index is 0.0578. The molecule has 1 fully saturated rings. The lowest BCUT2D eigenvalue weighted by atomic mass is 10.1. The molecule has 1 aliphatic carbocycles. The van der Waals surface area contributed by atoms with E-state index in [1.165, 1.54) is 17.0 Å². The van der Waals surface area contributed by atoms with Crippen molar-refractivity contribution in [3.05, 3.63) is 64.7 Å². The summed E-state index contributed by atoms with van der Waals surface area (Å²) in [5.74, 6) is -1.34. The van der Waals surface area contributed by atoms with Gasteiger partial charge in [0.2, 0.25) is 11.8 Å². The average molecular weight is 518 g/mol. The van der Waals surface area contributed by atoms with Gasteiger partial charge in [-0.25, -0.2) is 12.7 Å². The summed E-state index contributed by atoms with van der Waals surface area (Å²) in [6.45, 7) is 1.47. The van der Waals surface area contributed by atoms with E-state index in [1.807, 2.05) is 0 Å². The van der Waals surface area contributed by atoms with Crippen molar-refractivity contribution in [3.63, 3.8) is 0 Å². The topological polar surface area (TPSA) is 104 Å². The number of carbonyl (C=O) groups excluding carboxylic acids is 3. The Balaban J connectivity index is 1.50. The molecule has 8 nitrogen and oxygen atoms in total. The van der Waals surface area contributed by atoms with Crippen LogP contribution in [0.5, 0.6) is 0 Å². The molecule has 186 valence electrons. The SMILES string of the molecule is C[C@H](C(=O)NC1CCCC1)N(Cc1cccc(Cl)c1)C(=O)CCN1C(=O)c2ccccc2S1(=O)=O. The molecule has 1 atom stereocenters. The molecule has 4 rings (SSSR count). The van der Waals surface area contributed by atoms with E-state index in [4.69, 9.17) is 11.6 Å². The van der Waals surface area contributed by atoms with Crippen LogP contribution in [0.4, 0.5) is 0 Å². The maximum Gasteiger partial charge on any atom is 0.269 e. The highest BCUT2D eigenvalue weighted by atomic mass is 35.5. The van der Waals surface area contributed by atoms with E-state index in [0.717, 1.165) is 35.6 Å². The third kappa shape index (κ3) is 5.36. The number of halogens is 1. The van der Waals surface area contributed by atoms with Gasteiger partial charge in [-0.15, -0.1) is 0 Å². The maximum atomic E-state index is 13.3. The van der Waals surface area contributed by atoms with Crippen LogP contribution in [-0.4, -0.2) is 54.0 Å². The number of sulfonamides is 1. The van der Waals surface area contributed by atoms with Crippen LogP contribution < -0.4 is 5.32 Å². The van der Waals surface area contributed by atoms with Crippen molar-refractivity contribution in [2.45, 2.75) is 62.6 Å². The van der Waals surface area contributed by atoms with Gasteiger partial charge in [0.25, 0.3) is 15.9 Å². The summed E-state index contributed by atoms with van der Waals surface area (Å²) in [5.41, 5.74) is 0.837. The number of fused-ring (bicyclic) bond motifs is 1. The average Bonchev–Trinajstić information content (AvgIpc) is 3.40. The van der Waals surface area contributed by atoms with Crippen molar-refractivity contribution >= 4 is 39.3 Å². The Kier molecular flexibility index (Phi) is 7.47. The molecule has 0 aromatic heterocycles. The number of benzene rings is 2. The van der Waals surface area contributed by atoms with Crippen LogP contribution in [0.3, 0.4) is 0 Å². The summed E-state index contributed by atoms with van der Waals surface area (Å²) < 4.78 is 26.4. The van der Waals surface area contributed by atoms with E-state index in [0.29, 0.717) is 5.02 Å². The summed E-state index contributed by atoms with van der Waals surface area (Å²) in [7, 11) is -4.02. The van der Waals surface area contributed by atoms with Gasteiger partial charge in [-0.3, -0.25) is 14.4 Å². The van der Waals surface area contributed by atoms with Crippen molar-refractivity contribution in [3.8, 4) is 0 Å². The molecule has 0 unspecified atom stereocenters. The molecule has 0 bridgehead atoms. The first-order valence-electron chi connectivity index (χ1n) is 11.7. The monoisotopic (exact) mass is 517 g/mol. The molecular weight excluding hydrogens is 490 g/mol. The van der Waals surface area contributed by atoms with Crippen LogP contribution in [0.15, 0.2) is 53.4 Å². The summed E-state index contributed by atoms with van der Waals surface area (Å²) in [6.07, 6.45) is 3.70. The van der Waals surface area contributed by atoms with Gasteiger partial charge in [-0.05, 0) is 49.6 Å². The van der Waals surface area contributed by atoms with Crippen LogP contribution in [-0.2, 0) is 26.2 Å². The second-order valence-electron chi connectivity index (χ2n) is 8.95. The molecule has 3 amide bonds. The summed E-state index contributed by atoms with van der Waals surface area (Å²) in [6, 6.07) is 12.3. The third-order valence-corrected chi connectivity index (χ3v) is 8.63. The Morgan fingerprint density at radius 1 is 1.14 bits per heavy atom. The Hall–Kier alpha value is -2.91. The predicted octanol–water partition coefficient (Wildman–Crippen LogP) is 3.35. The zero-order valence-electron chi connectivity index (χ0n) is 19.4. The molecule has 2 aliphatic rings. The lowest BCUT2D eigenvalue weighted by molar-refractivity contribution is -0.140. The molecule has 0 saturated heterocycles. The molecule has 1 N–H and O–H groups in total. The Morgan fingerprint density at radius 2 is 1.86 bits per heavy atom. The predicted molar refractivity (Wildman–Crippen MR) is 131 cm³/mol. The summed E-state index contributed by atoms with van der Waals surface area (Å²) in [4.78, 5) is 40.4. The zero-order valence-corrected chi connectivity index (χ0v) is 21.0. The van der Waals surface area contributed by atoms with Gasteiger partial charge < -0.3 is 10.2 Å². The lowest BCUT2D eigenvalue weighted by Gasteiger charge is -2.30. The number of hydrogen-bond donors (Lipinski definition) is 1. The van der Waals surface area contributed by atoms with Crippen molar-refractivity contribution in [1.82, 2.24) is 14.5 Å². The number of carbonyl (C=O) groups is 3. The molecule has 1 heterocycles. The Labute approximate surface area is 210 Å². The van der Waals surface area contributed by atoms with Crippen LogP contribution in [0.25, 0.3) is 0 Å². The number of nitrogens with zero attached hydrogens (tertiary/aromatic N) is 2. The standard InChI is InChI=1S/C25H28ClN3O5S/c1-17(24(31)27-20-9-2-3-10-20)28(16-18-7-6-8-19(26)15-18)23(30)13-14-29-25(32)21-11-4-5-12-22(21)35(29,33)34/h4-8,11-12,15,17,20H,2-3,9-10,13-14,16H2,1H3,(H,27,31)/t17-/m1/s1.